The number of halogens is 1. The van der Waals surface area contributed by atoms with Crippen LogP contribution in [0.3, 0.4) is 0 Å². The largest absolute Gasteiger partial charge is 0.380 e. The second-order valence-corrected chi connectivity index (χ2v) is 5.83. The van der Waals surface area contributed by atoms with Crippen LogP contribution in [0.2, 0.25) is 0 Å². The number of nitrogens with two attached hydrogens (primary N) is 1. The Bertz CT molecular complexity index is 353. The molecule has 0 spiro atoms. The first-order valence-electron chi connectivity index (χ1n) is 8.56. The molecular formula is C16H33IN4O2. The van der Waals surface area contributed by atoms with Crippen molar-refractivity contribution in [1.29, 1.82) is 0 Å². The lowest BCUT2D eigenvalue weighted by atomic mass is 9.95. The number of primary amides is 1. The lowest BCUT2D eigenvalue weighted by Crippen LogP contribution is -2.47. The Kier molecular flexibility index (Phi) is 13.5. The van der Waals surface area contributed by atoms with Crippen LogP contribution in [0.1, 0.15) is 46.0 Å². The first-order chi connectivity index (χ1) is 10.7. The fourth-order valence-corrected chi connectivity index (χ4v) is 2.70. The van der Waals surface area contributed by atoms with E-state index in [9.17, 15) is 4.79 Å². The van der Waals surface area contributed by atoms with Crippen LogP contribution in [-0.2, 0) is 9.53 Å². The minimum atomic E-state index is -0.210. The summed E-state index contributed by atoms with van der Waals surface area (Å²) in [6.45, 7) is 9.04. The van der Waals surface area contributed by atoms with Crippen molar-refractivity contribution in [2.24, 2.45) is 16.6 Å². The summed E-state index contributed by atoms with van der Waals surface area (Å²) < 4.78 is 5.55. The number of rotatable bonds is 9. The molecule has 1 heterocycles. The monoisotopic (exact) mass is 440 g/mol. The summed E-state index contributed by atoms with van der Waals surface area (Å²) >= 11 is 0. The van der Waals surface area contributed by atoms with Crippen LogP contribution in [0, 0.1) is 5.92 Å². The molecule has 7 heteroatoms. The zero-order valence-corrected chi connectivity index (χ0v) is 16.9. The first-order valence-corrected chi connectivity index (χ1v) is 8.56. The molecule has 0 bridgehead atoms. The minimum absolute atomic E-state index is 0. The maximum absolute atomic E-state index is 11.1. The number of hydrogen-bond donors (Lipinski definition) is 2. The second-order valence-electron chi connectivity index (χ2n) is 5.83. The number of nitrogens with zero attached hydrogens (tertiary/aromatic N) is 2. The summed E-state index contributed by atoms with van der Waals surface area (Å²) in [6.07, 6.45) is 4.87. The number of nitrogens with one attached hydrogen (secondary N) is 1. The summed E-state index contributed by atoms with van der Waals surface area (Å²) in [7, 11) is 0. The second kappa shape index (κ2) is 13.8. The van der Waals surface area contributed by atoms with Gasteiger partial charge in [0.25, 0.3) is 0 Å². The summed E-state index contributed by atoms with van der Waals surface area (Å²) in [5.74, 6) is 1.06. The molecule has 0 aromatic heterocycles. The third-order valence-corrected chi connectivity index (χ3v) is 3.78. The van der Waals surface area contributed by atoms with E-state index >= 15 is 0 Å². The zero-order chi connectivity index (χ0) is 16.2. The van der Waals surface area contributed by atoms with Gasteiger partial charge in [0.1, 0.15) is 0 Å². The van der Waals surface area contributed by atoms with Crippen molar-refractivity contribution in [2.75, 3.05) is 39.4 Å². The molecule has 136 valence electrons. The van der Waals surface area contributed by atoms with Crippen molar-refractivity contribution < 1.29 is 9.53 Å². The molecule has 3 N–H and O–H groups in total. The highest BCUT2D eigenvalue weighted by molar-refractivity contribution is 14.0. The maximum atomic E-state index is 11.1. The number of amides is 1. The van der Waals surface area contributed by atoms with Gasteiger partial charge in [-0.1, -0.05) is 13.3 Å². The molecule has 0 radical (unpaired) electrons. The smallest absolute Gasteiger partial charge is 0.217 e. The Labute approximate surface area is 157 Å². The first kappa shape index (κ1) is 22.4. The molecule has 1 aliphatic heterocycles. The van der Waals surface area contributed by atoms with E-state index in [1.54, 1.807) is 0 Å². The third kappa shape index (κ3) is 10.0. The molecule has 0 aliphatic carbocycles. The number of hydrogen-bond acceptors (Lipinski definition) is 3. The minimum Gasteiger partial charge on any atom is -0.380 e. The van der Waals surface area contributed by atoms with Crippen LogP contribution in [0.5, 0.6) is 0 Å². The van der Waals surface area contributed by atoms with Crippen LogP contribution in [0.15, 0.2) is 4.99 Å². The van der Waals surface area contributed by atoms with E-state index in [1.165, 1.54) is 0 Å². The quantitative estimate of drug-likeness (QED) is 0.249. The molecule has 0 aromatic carbocycles. The normalized spacial score (nSPS) is 18.4. The highest BCUT2D eigenvalue weighted by atomic mass is 127. The third-order valence-electron chi connectivity index (χ3n) is 3.78. The zero-order valence-electron chi connectivity index (χ0n) is 14.6. The van der Waals surface area contributed by atoms with Gasteiger partial charge < -0.3 is 20.7 Å². The van der Waals surface area contributed by atoms with Gasteiger partial charge >= 0.3 is 0 Å². The Morgan fingerprint density at radius 2 is 2.17 bits per heavy atom. The highest BCUT2D eigenvalue weighted by Gasteiger charge is 2.23. The van der Waals surface area contributed by atoms with Gasteiger partial charge in [-0.3, -0.25) is 9.79 Å². The Morgan fingerprint density at radius 1 is 1.39 bits per heavy atom. The molecular weight excluding hydrogens is 407 g/mol. The molecule has 1 rings (SSSR count). The molecule has 1 saturated heterocycles. The van der Waals surface area contributed by atoms with E-state index < -0.39 is 0 Å². The van der Waals surface area contributed by atoms with Crippen LogP contribution in [-0.4, -0.2) is 56.2 Å². The van der Waals surface area contributed by atoms with Crippen molar-refractivity contribution in [2.45, 2.75) is 46.0 Å². The van der Waals surface area contributed by atoms with Gasteiger partial charge in [-0.05, 0) is 32.1 Å². The number of carbonyl (C=O) groups is 1. The van der Waals surface area contributed by atoms with Crippen molar-refractivity contribution in [3.8, 4) is 0 Å². The van der Waals surface area contributed by atoms with E-state index in [0.717, 1.165) is 57.9 Å². The van der Waals surface area contributed by atoms with E-state index in [4.69, 9.17) is 10.5 Å². The Balaban J connectivity index is 0.00000484. The Hall–Kier alpha value is -0.570. The highest BCUT2D eigenvalue weighted by Crippen LogP contribution is 2.19. The number of unbranched alkanes of at least 4 members (excludes halogenated alkanes) is 1. The number of guanidine groups is 1. The van der Waals surface area contributed by atoms with Crippen LogP contribution in [0.25, 0.3) is 0 Å². The van der Waals surface area contributed by atoms with Crippen molar-refractivity contribution >= 4 is 35.8 Å². The Morgan fingerprint density at radius 3 is 2.83 bits per heavy atom. The predicted molar refractivity (Wildman–Crippen MR) is 105 cm³/mol. The van der Waals surface area contributed by atoms with Gasteiger partial charge in [-0.2, -0.15) is 0 Å². The van der Waals surface area contributed by atoms with Crippen molar-refractivity contribution in [3.05, 3.63) is 0 Å². The van der Waals surface area contributed by atoms with E-state index in [2.05, 4.69) is 29.1 Å². The van der Waals surface area contributed by atoms with Gasteiger partial charge in [0.15, 0.2) is 5.96 Å². The summed E-state index contributed by atoms with van der Waals surface area (Å²) in [6, 6.07) is 0. The predicted octanol–water partition coefficient (Wildman–Crippen LogP) is 1.97. The van der Waals surface area contributed by atoms with Crippen LogP contribution < -0.4 is 11.1 Å². The van der Waals surface area contributed by atoms with Gasteiger partial charge in [-0.15, -0.1) is 24.0 Å². The summed E-state index contributed by atoms with van der Waals surface area (Å²) in [5.41, 5.74) is 5.32. The van der Waals surface area contributed by atoms with Gasteiger partial charge in [0.05, 0.1) is 13.2 Å². The van der Waals surface area contributed by atoms with Gasteiger partial charge in [-0.25, -0.2) is 0 Å². The SMILES string of the molecule is CCCCOCCN=C(NCC)N1CCCC(CC(N)=O)C1.I. The van der Waals surface area contributed by atoms with Crippen molar-refractivity contribution in [1.82, 2.24) is 10.2 Å². The fourth-order valence-electron chi connectivity index (χ4n) is 2.70. The molecule has 1 fully saturated rings. The average molecular weight is 440 g/mol. The lowest BCUT2D eigenvalue weighted by Gasteiger charge is -2.34. The average Bonchev–Trinajstić information content (AvgIpc) is 2.49. The molecule has 1 unspecified atom stereocenters. The molecule has 6 nitrogen and oxygen atoms in total. The van der Waals surface area contributed by atoms with Crippen LogP contribution in [0.4, 0.5) is 0 Å². The molecule has 0 saturated carbocycles. The number of piperidine rings is 1. The standard InChI is InChI=1S/C16H32N4O2.HI/c1-3-5-10-22-11-8-19-16(18-4-2)20-9-6-7-14(13-20)12-15(17)21;/h14H,3-13H2,1-2H3,(H2,17,21)(H,18,19);1H. The number of likely N-dealkylation sites (tertiary alicyclic amines) is 1. The van der Waals surface area contributed by atoms with Gasteiger partial charge in [0, 0.05) is 32.7 Å². The molecule has 0 aromatic rings. The number of ether oxygens (including phenoxy) is 1. The summed E-state index contributed by atoms with van der Waals surface area (Å²) in [4.78, 5) is 18.0. The number of carbonyl (C=O) groups excluding carboxylic acids is 1. The van der Waals surface area contributed by atoms with Crippen LogP contribution >= 0.6 is 24.0 Å². The van der Waals surface area contributed by atoms with Gasteiger partial charge in [0.2, 0.25) is 5.91 Å². The van der Waals surface area contributed by atoms with Crippen molar-refractivity contribution in [3.63, 3.8) is 0 Å². The topological polar surface area (TPSA) is 79.9 Å². The molecule has 1 aliphatic rings. The number of aliphatic imine (C=N–C) groups is 1. The fraction of sp³-hybridized carbons (Fsp3) is 0.875. The van der Waals surface area contributed by atoms with E-state index in [-0.39, 0.29) is 29.9 Å². The molecule has 1 atom stereocenters. The lowest BCUT2D eigenvalue weighted by molar-refractivity contribution is -0.119. The summed E-state index contributed by atoms with van der Waals surface area (Å²) in [5, 5.41) is 3.33. The van der Waals surface area contributed by atoms with E-state index in [1.807, 2.05) is 0 Å². The van der Waals surface area contributed by atoms with E-state index in [0.29, 0.717) is 25.5 Å². The molecule has 23 heavy (non-hydrogen) atoms. The molecule has 1 amide bonds. The maximum Gasteiger partial charge on any atom is 0.217 e.